The van der Waals surface area contributed by atoms with Crippen LogP contribution in [0.25, 0.3) is 11.1 Å². The molecule has 0 spiro atoms. The van der Waals surface area contributed by atoms with Gasteiger partial charge in [0.2, 0.25) is 5.91 Å². The largest absolute Gasteiger partial charge is 0.427 e. The topological polar surface area (TPSA) is 143 Å². The van der Waals surface area contributed by atoms with E-state index < -0.39 is 30.5 Å². The number of aromatic nitrogens is 1. The lowest BCUT2D eigenvalue weighted by Crippen LogP contribution is -2.31. The summed E-state index contributed by atoms with van der Waals surface area (Å²) in [6.07, 6.45) is -5.01. The summed E-state index contributed by atoms with van der Waals surface area (Å²) in [7, 11) is 0. The number of nitrogens with one attached hydrogen (secondary N) is 2. The Labute approximate surface area is 203 Å². The molecule has 0 radical (unpaired) electrons. The minimum absolute atomic E-state index is 0.00977. The zero-order chi connectivity index (χ0) is 25.8. The van der Waals surface area contributed by atoms with Gasteiger partial charge in [0.15, 0.2) is 5.49 Å². The molecule has 0 bridgehead atoms. The standard InChI is InChI=1S/C23H22ClF3N6O2/c24-17-9-19(32-12-23(25,26)27)33(35)18(21(17)15-2-1-3-16(28)8-15)10-20(34)31-11-13-4-6-14(7-5-13)22(29)30/h1-9,35H,10-12,28H2,(H3,29,30)(H,31,34). The van der Waals surface area contributed by atoms with Crippen molar-refractivity contribution in [2.24, 2.45) is 10.7 Å². The van der Waals surface area contributed by atoms with Crippen LogP contribution in [0.3, 0.4) is 0 Å². The minimum Gasteiger partial charge on any atom is -0.427 e. The maximum absolute atomic E-state index is 12.7. The van der Waals surface area contributed by atoms with Crippen LogP contribution in [0.15, 0.2) is 59.6 Å². The molecule has 3 aromatic rings. The van der Waals surface area contributed by atoms with Gasteiger partial charge in [-0.25, -0.2) is 0 Å². The summed E-state index contributed by atoms with van der Waals surface area (Å²) in [6.45, 7) is -1.41. The third kappa shape index (κ3) is 6.76. The van der Waals surface area contributed by atoms with E-state index in [0.29, 0.717) is 21.5 Å². The maximum Gasteiger partial charge on any atom is 0.408 e. The Kier molecular flexibility index (Phi) is 7.70. The zero-order valence-corrected chi connectivity index (χ0v) is 19.0. The molecular formula is C23H22ClF3N6O2. The fourth-order valence-corrected chi connectivity index (χ4v) is 3.61. The Hall–Kier alpha value is -3.99. The molecule has 3 rings (SSSR count). The molecule has 0 saturated heterocycles. The first-order valence-corrected chi connectivity index (χ1v) is 10.6. The van der Waals surface area contributed by atoms with Crippen LogP contribution in [0.5, 0.6) is 0 Å². The van der Waals surface area contributed by atoms with Gasteiger partial charge >= 0.3 is 6.18 Å². The average molecular weight is 507 g/mol. The highest BCUT2D eigenvalue weighted by molar-refractivity contribution is 6.33. The Balaban J connectivity index is 1.95. The number of benzene rings is 2. The average Bonchev–Trinajstić information content (AvgIpc) is 2.78. The van der Waals surface area contributed by atoms with Crippen LogP contribution in [0.2, 0.25) is 5.02 Å². The number of nitrogens with two attached hydrogens (primary N) is 2. The molecule has 1 amide bonds. The Morgan fingerprint density at radius 3 is 2.46 bits per heavy atom. The van der Waals surface area contributed by atoms with E-state index in [2.05, 4.69) is 10.3 Å². The van der Waals surface area contributed by atoms with E-state index in [0.717, 1.165) is 11.6 Å². The summed E-state index contributed by atoms with van der Waals surface area (Å²) in [6, 6.07) is 14.2. The number of hydrogen-bond acceptors (Lipinski definition) is 5. The van der Waals surface area contributed by atoms with Crippen LogP contribution in [0.4, 0.5) is 18.9 Å². The number of hydrogen-bond donors (Lipinski definition) is 5. The predicted octanol–water partition coefficient (Wildman–Crippen LogP) is 3.23. The Bertz CT molecular complexity index is 1320. The van der Waals surface area contributed by atoms with Crippen LogP contribution < -0.4 is 22.3 Å². The first-order chi connectivity index (χ1) is 16.4. The SMILES string of the molecule is N=C(N)c1ccc(CNC(=O)Cc2c(-c3cccc(N)c3)c(Cl)cc(=NCC(F)(F)F)n2O)cc1. The second-order valence-corrected chi connectivity index (χ2v) is 8.01. The number of carbonyl (C=O) groups excluding carboxylic acids is 1. The molecule has 184 valence electrons. The number of rotatable bonds is 7. The number of anilines is 1. The van der Waals surface area contributed by atoms with Gasteiger partial charge in [0, 0.05) is 29.4 Å². The predicted molar refractivity (Wildman–Crippen MR) is 126 cm³/mol. The highest BCUT2D eigenvalue weighted by atomic mass is 35.5. The molecule has 0 fully saturated rings. The number of halogens is 4. The van der Waals surface area contributed by atoms with Crippen LogP contribution in [0.1, 0.15) is 16.8 Å². The van der Waals surface area contributed by atoms with Gasteiger partial charge in [-0.3, -0.25) is 15.2 Å². The van der Waals surface area contributed by atoms with Gasteiger partial charge in [0.25, 0.3) is 0 Å². The fourth-order valence-electron chi connectivity index (χ4n) is 3.29. The summed E-state index contributed by atoms with van der Waals surface area (Å²) in [5.41, 5.74) is 13.1. The van der Waals surface area contributed by atoms with Gasteiger partial charge in [-0.1, -0.05) is 48.0 Å². The molecule has 0 saturated carbocycles. The quantitative estimate of drug-likeness (QED) is 0.145. The first kappa shape index (κ1) is 25.6. The fraction of sp³-hybridized carbons (Fsp3) is 0.174. The number of alkyl halides is 3. The molecule has 1 aromatic heterocycles. The van der Waals surface area contributed by atoms with Crippen molar-refractivity contribution in [3.8, 4) is 11.1 Å². The number of amides is 1. The van der Waals surface area contributed by atoms with Crippen LogP contribution in [-0.4, -0.2) is 34.4 Å². The normalized spacial score (nSPS) is 11.9. The molecule has 0 aliphatic heterocycles. The van der Waals surface area contributed by atoms with Crippen molar-refractivity contribution in [2.75, 3.05) is 12.3 Å². The number of pyridine rings is 1. The minimum atomic E-state index is -4.60. The zero-order valence-electron chi connectivity index (χ0n) is 18.2. The molecule has 0 aliphatic rings. The first-order valence-electron chi connectivity index (χ1n) is 10.2. The lowest BCUT2D eigenvalue weighted by molar-refractivity contribution is -0.121. The molecular weight excluding hydrogens is 485 g/mol. The van der Waals surface area contributed by atoms with Gasteiger partial charge in [-0.05, 0) is 23.3 Å². The number of amidine groups is 1. The van der Waals surface area contributed by atoms with Crippen LogP contribution in [-0.2, 0) is 17.8 Å². The Morgan fingerprint density at radius 2 is 1.86 bits per heavy atom. The van der Waals surface area contributed by atoms with Crippen molar-refractivity contribution in [1.29, 1.82) is 5.41 Å². The molecule has 1 heterocycles. The van der Waals surface area contributed by atoms with E-state index in [9.17, 15) is 23.2 Å². The van der Waals surface area contributed by atoms with Crippen molar-refractivity contribution in [2.45, 2.75) is 19.1 Å². The highest BCUT2D eigenvalue weighted by Crippen LogP contribution is 2.31. The van der Waals surface area contributed by atoms with E-state index in [1.165, 1.54) is 0 Å². The molecule has 7 N–H and O–H groups in total. The molecule has 8 nitrogen and oxygen atoms in total. The van der Waals surface area contributed by atoms with Crippen molar-refractivity contribution >= 4 is 29.0 Å². The molecule has 12 heteroatoms. The highest BCUT2D eigenvalue weighted by Gasteiger charge is 2.27. The van der Waals surface area contributed by atoms with E-state index in [4.69, 9.17) is 28.5 Å². The van der Waals surface area contributed by atoms with Crippen molar-refractivity contribution in [3.63, 3.8) is 0 Å². The number of nitrogen functional groups attached to an aromatic ring is 2. The lowest BCUT2D eigenvalue weighted by Gasteiger charge is -2.16. The van der Waals surface area contributed by atoms with Gasteiger partial charge in [0.05, 0.1) is 17.1 Å². The summed E-state index contributed by atoms with van der Waals surface area (Å²) in [4.78, 5) is 16.1. The van der Waals surface area contributed by atoms with E-state index in [1.807, 2.05) is 0 Å². The van der Waals surface area contributed by atoms with Crippen molar-refractivity contribution in [3.05, 3.63) is 81.9 Å². The van der Waals surface area contributed by atoms with Crippen molar-refractivity contribution < 1.29 is 23.2 Å². The summed E-state index contributed by atoms with van der Waals surface area (Å²) >= 11 is 6.37. The van der Waals surface area contributed by atoms with Gasteiger partial charge in [-0.2, -0.15) is 17.9 Å². The van der Waals surface area contributed by atoms with Crippen LogP contribution in [0, 0.1) is 5.41 Å². The maximum atomic E-state index is 12.7. The summed E-state index contributed by atoms with van der Waals surface area (Å²) < 4.78 is 38.5. The van der Waals surface area contributed by atoms with Gasteiger partial charge in [-0.15, -0.1) is 0 Å². The summed E-state index contributed by atoms with van der Waals surface area (Å²) in [5, 5.41) is 20.8. The third-order valence-corrected chi connectivity index (χ3v) is 5.23. The lowest BCUT2D eigenvalue weighted by atomic mass is 10.0. The van der Waals surface area contributed by atoms with Gasteiger partial charge in [0.1, 0.15) is 12.4 Å². The monoisotopic (exact) mass is 506 g/mol. The molecule has 0 unspecified atom stereocenters. The van der Waals surface area contributed by atoms with E-state index >= 15 is 0 Å². The van der Waals surface area contributed by atoms with E-state index in [-0.39, 0.29) is 28.7 Å². The second kappa shape index (κ2) is 10.5. The molecule has 0 atom stereocenters. The molecule has 2 aromatic carbocycles. The smallest absolute Gasteiger partial charge is 0.408 e. The second-order valence-electron chi connectivity index (χ2n) is 7.60. The number of nitrogens with zero attached hydrogens (tertiary/aromatic N) is 2. The summed E-state index contributed by atoms with van der Waals surface area (Å²) in [5.74, 6) is -0.618. The van der Waals surface area contributed by atoms with Crippen molar-refractivity contribution in [1.82, 2.24) is 10.0 Å². The Morgan fingerprint density at radius 1 is 1.17 bits per heavy atom. The van der Waals surface area contributed by atoms with E-state index in [1.54, 1.807) is 48.5 Å². The van der Waals surface area contributed by atoms with Crippen LogP contribution >= 0.6 is 11.6 Å². The molecule has 35 heavy (non-hydrogen) atoms. The molecule has 0 aliphatic carbocycles. The van der Waals surface area contributed by atoms with Gasteiger partial charge < -0.3 is 22.0 Å². The third-order valence-electron chi connectivity index (χ3n) is 4.93. The number of carbonyl (C=O) groups is 1.